The summed E-state index contributed by atoms with van der Waals surface area (Å²) in [5, 5.41) is 11.2. The van der Waals surface area contributed by atoms with Crippen molar-refractivity contribution in [1.29, 1.82) is 0 Å². The summed E-state index contributed by atoms with van der Waals surface area (Å²) in [5.74, 6) is 1.49. The van der Waals surface area contributed by atoms with Gasteiger partial charge in [0.25, 0.3) is 0 Å². The fourth-order valence-electron chi connectivity index (χ4n) is 3.81. The van der Waals surface area contributed by atoms with Crippen molar-refractivity contribution in [3.05, 3.63) is 65.9 Å². The first-order valence-corrected chi connectivity index (χ1v) is 10.4. The van der Waals surface area contributed by atoms with Crippen LogP contribution < -0.4 is 14.8 Å². The number of hydrogen-bond donors (Lipinski definition) is 1. The highest BCUT2D eigenvalue weighted by molar-refractivity contribution is 5.90. The van der Waals surface area contributed by atoms with Crippen molar-refractivity contribution >= 4 is 11.8 Å². The number of benzene rings is 2. The number of para-hydroxylation sites is 1. The number of carbonyl (C=O) groups is 1. The number of anilines is 1. The largest absolute Gasteiger partial charge is 0.493 e. The summed E-state index contributed by atoms with van der Waals surface area (Å²) < 4.78 is 18.5. The van der Waals surface area contributed by atoms with Crippen LogP contribution in [0.4, 0.5) is 5.88 Å². The second kappa shape index (κ2) is 8.22. The van der Waals surface area contributed by atoms with Crippen LogP contribution in [0.3, 0.4) is 0 Å². The molecule has 1 aliphatic rings. The quantitative estimate of drug-likeness (QED) is 0.486. The lowest BCUT2D eigenvalue weighted by Gasteiger charge is -2.19. The van der Waals surface area contributed by atoms with Crippen LogP contribution in [0.1, 0.15) is 18.1 Å². The van der Waals surface area contributed by atoms with E-state index in [-0.39, 0.29) is 18.3 Å². The van der Waals surface area contributed by atoms with Gasteiger partial charge in [-0.25, -0.2) is 0 Å². The highest BCUT2D eigenvalue weighted by Crippen LogP contribution is 2.38. The van der Waals surface area contributed by atoms with Gasteiger partial charge in [-0.3, -0.25) is 14.8 Å². The van der Waals surface area contributed by atoms with E-state index in [9.17, 15) is 4.79 Å². The molecule has 1 aliphatic heterocycles. The Bertz CT molecular complexity index is 1290. The Kier molecular flexibility index (Phi) is 5.10. The predicted molar refractivity (Wildman–Crippen MR) is 118 cm³/mol. The average molecular weight is 430 g/mol. The number of fused-ring (bicyclic) bond motifs is 3. The SMILES string of the molecule is CCOc1ccccc1-c1cc(NC(=O)Cn2ncc3c2-c2cc(C)ccc2OC3)on1. The van der Waals surface area contributed by atoms with E-state index in [1.165, 1.54) is 0 Å². The number of amides is 1. The van der Waals surface area contributed by atoms with E-state index < -0.39 is 0 Å². The summed E-state index contributed by atoms with van der Waals surface area (Å²) in [4.78, 5) is 12.7. The highest BCUT2D eigenvalue weighted by atomic mass is 16.5. The number of ether oxygens (including phenoxy) is 2. The minimum Gasteiger partial charge on any atom is -0.493 e. The van der Waals surface area contributed by atoms with Crippen molar-refractivity contribution in [2.75, 3.05) is 11.9 Å². The zero-order valence-corrected chi connectivity index (χ0v) is 17.8. The molecule has 32 heavy (non-hydrogen) atoms. The van der Waals surface area contributed by atoms with Crippen molar-refractivity contribution in [2.24, 2.45) is 0 Å². The molecular weight excluding hydrogens is 408 g/mol. The van der Waals surface area contributed by atoms with E-state index in [2.05, 4.69) is 15.6 Å². The van der Waals surface area contributed by atoms with Gasteiger partial charge in [-0.2, -0.15) is 5.10 Å². The number of nitrogens with one attached hydrogen (secondary N) is 1. The molecule has 0 aliphatic carbocycles. The lowest BCUT2D eigenvalue weighted by Crippen LogP contribution is -2.20. The zero-order chi connectivity index (χ0) is 22.1. The van der Waals surface area contributed by atoms with Crippen molar-refractivity contribution in [2.45, 2.75) is 27.0 Å². The van der Waals surface area contributed by atoms with Gasteiger partial charge in [0, 0.05) is 22.8 Å². The third kappa shape index (κ3) is 3.71. The molecule has 2 aromatic heterocycles. The van der Waals surface area contributed by atoms with Crippen molar-refractivity contribution in [3.8, 4) is 34.0 Å². The minimum absolute atomic E-state index is 0.0360. The Morgan fingerprint density at radius 2 is 2.06 bits per heavy atom. The van der Waals surface area contributed by atoms with Crippen LogP contribution >= 0.6 is 0 Å². The molecule has 0 fully saturated rings. The molecule has 0 bridgehead atoms. The Morgan fingerprint density at radius 3 is 2.94 bits per heavy atom. The smallest absolute Gasteiger partial charge is 0.248 e. The van der Waals surface area contributed by atoms with E-state index in [0.717, 1.165) is 33.7 Å². The van der Waals surface area contributed by atoms with Gasteiger partial charge in [0.05, 0.1) is 18.5 Å². The average Bonchev–Trinajstić information content (AvgIpc) is 3.41. The molecule has 0 radical (unpaired) electrons. The summed E-state index contributed by atoms with van der Waals surface area (Å²) in [5.41, 5.74) is 5.28. The van der Waals surface area contributed by atoms with Crippen LogP contribution in [0.15, 0.2) is 59.3 Å². The Labute approximate surface area is 184 Å². The van der Waals surface area contributed by atoms with Gasteiger partial charge >= 0.3 is 0 Å². The van der Waals surface area contributed by atoms with Crippen LogP contribution in [-0.4, -0.2) is 27.5 Å². The van der Waals surface area contributed by atoms with Crippen LogP contribution in [0.25, 0.3) is 22.5 Å². The number of carbonyl (C=O) groups excluding carboxylic acids is 1. The minimum atomic E-state index is -0.266. The van der Waals surface area contributed by atoms with E-state index in [1.54, 1.807) is 16.9 Å². The molecule has 8 nitrogen and oxygen atoms in total. The van der Waals surface area contributed by atoms with Crippen molar-refractivity contribution < 1.29 is 18.8 Å². The van der Waals surface area contributed by atoms with Gasteiger partial charge < -0.3 is 14.0 Å². The van der Waals surface area contributed by atoms with Crippen LogP contribution in [0, 0.1) is 6.92 Å². The monoisotopic (exact) mass is 430 g/mol. The van der Waals surface area contributed by atoms with Crippen molar-refractivity contribution in [3.63, 3.8) is 0 Å². The fraction of sp³-hybridized carbons (Fsp3) is 0.208. The molecule has 5 rings (SSSR count). The van der Waals surface area contributed by atoms with E-state index in [0.29, 0.717) is 24.7 Å². The number of aryl methyl sites for hydroxylation is 1. The summed E-state index contributed by atoms with van der Waals surface area (Å²) in [7, 11) is 0. The highest BCUT2D eigenvalue weighted by Gasteiger charge is 2.23. The number of rotatable bonds is 6. The van der Waals surface area contributed by atoms with E-state index in [1.807, 2.05) is 56.3 Å². The molecule has 8 heteroatoms. The molecule has 0 spiro atoms. The summed E-state index contributed by atoms with van der Waals surface area (Å²) >= 11 is 0. The maximum absolute atomic E-state index is 12.7. The molecule has 2 aromatic carbocycles. The number of hydrogen-bond acceptors (Lipinski definition) is 6. The molecule has 0 saturated carbocycles. The van der Waals surface area contributed by atoms with E-state index >= 15 is 0 Å². The Morgan fingerprint density at radius 1 is 1.19 bits per heavy atom. The van der Waals surface area contributed by atoms with Crippen LogP contribution in [-0.2, 0) is 17.9 Å². The van der Waals surface area contributed by atoms with Gasteiger partial charge in [-0.15, -0.1) is 0 Å². The third-order valence-corrected chi connectivity index (χ3v) is 5.22. The second-order valence-corrected chi connectivity index (χ2v) is 7.52. The molecule has 162 valence electrons. The molecule has 0 unspecified atom stereocenters. The lowest BCUT2D eigenvalue weighted by molar-refractivity contribution is -0.117. The first-order valence-electron chi connectivity index (χ1n) is 10.4. The molecule has 0 atom stereocenters. The topological polar surface area (TPSA) is 91.4 Å². The lowest BCUT2D eigenvalue weighted by atomic mass is 10.0. The van der Waals surface area contributed by atoms with Gasteiger partial charge in [0.1, 0.15) is 30.3 Å². The fourth-order valence-corrected chi connectivity index (χ4v) is 3.81. The van der Waals surface area contributed by atoms with Crippen LogP contribution in [0.5, 0.6) is 11.5 Å². The molecular formula is C24H22N4O4. The first-order chi connectivity index (χ1) is 15.6. The summed E-state index contributed by atoms with van der Waals surface area (Å²) in [6, 6.07) is 15.2. The van der Waals surface area contributed by atoms with Gasteiger partial charge in [0.2, 0.25) is 11.8 Å². The van der Waals surface area contributed by atoms with Gasteiger partial charge in [0.15, 0.2) is 0 Å². The molecule has 0 saturated heterocycles. The summed E-state index contributed by atoms with van der Waals surface area (Å²) in [6.45, 7) is 4.95. The van der Waals surface area contributed by atoms with Crippen molar-refractivity contribution in [1.82, 2.24) is 14.9 Å². The maximum atomic E-state index is 12.7. The standard InChI is InChI=1S/C24H22N4O4/c1-3-30-20-7-5-4-6-17(20)19-11-23(32-27-19)26-22(29)13-28-24-16(12-25-28)14-31-21-9-8-15(2)10-18(21)24/h4-12H,3,13-14H2,1-2H3,(H,26,29). The molecule has 1 N–H and O–H groups in total. The predicted octanol–water partition coefficient (Wildman–Crippen LogP) is 4.44. The molecule has 4 aromatic rings. The third-order valence-electron chi connectivity index (χ3n) is 5.22. The summed E-state index contributed by atoms with van der Waals surface area (Å²) in [6.07, 6.45) is 1.74. The van der Waals surface area contributed by atoms with Gasteiger partial charge in [-0.1, -0.05) is 28.9 Å². The number of aromatic nitrogens is 3. The van der Waals surface area contributed by atoms with Gasteiger partial charge in [-0.05, 0) is 38.1 Å². The zero-order valence-electron chi connectivity index (χ0n) is 17.8. The second-order valence-electron chi connectivity index (χ2n) is 7.52. The maximum Gasteiger partial charge on any atom is 0.248 e. The molecule has 3 heterocycles. The van der Waals surface area contributed by atoms with Crippen LogP contribution in [0.2, 0.25) is 0 Å². The van der Waals surface area contributed by atoms with E-state index in [4.69, 9.17) is 14.0 Å². The first kappa shape index (κ1) is 19.9. The molecule has 1 amide bonds. The Hall–Kier alpha value is -4.07. The Balaban J connectivity index is 1.34. The normalized spacial score (nSPS) is 11.9. The number of nitrogens with zero attached hydrogens (tertiary/aromatic N) is 3.